The molecular formula is C16H22N4S. The summed E-state index contributed by atoms with van der Waals surface area (Å²) in [6.07, 6.45) is 2.43. The molecule has 21 heavy (non-hydrogen) atoms. The summed E-state index contributed by atoms with van der Waals surface area (Å²) in [7, 11) is 1.90. The highest BCUT2D eigenvalue weighted by molar-refractivity contribution is 7.12. The van der Waals surface area contributed by atoms with Crippen LogP contribution >= 0.6 is 11.3 Å². The summed E-state index contributed by atoms with van der Waals surface area (Å²) < 4.78 is 0. The van der Waals surface area contributed by atoms with E-state index in [4.69, 9.17) is 0 Å². The fourth-order valence-corrected chi connectivity index (χ4v) is 3.59. The zero-order valence-electron chi connectivity index (χ0n) is 13.0. The number of rotatable bonds is 5. The van der Waals surface area contributed by atoms with E-state index in [-0.39, 0.29) is 6.04 Å². The smallest absolute Gasteiger partial charge is 0.136 e. The Morgan fingerprint density at radius 3 is 2.48 bits per heavy atom. The van der Waals surface area contributed by atoms with Gasteiger partial charge in [0.1, 0.15) is 17.5 Å². The Morgan fingerprint density at radius 2 is 1.90 bits per heavy atom. The van der Waals surface area contributed by atoms with Crippen LogP contribution in [0.3, 0.4) is 0 Å². The van der Waals surface area contributed by atoms with Crippen molar-refractivity contribution in [3.8, 4) is 0 Å². The molecule has 2 aromatic rings. The molecule has 2 N–H and O–H groups in total. The molecule has 5 heteroatoms. The van der Waals surface area contributed by atoms with Gasteiger partial charge in [-0.1, -0.05) is 0 Å². The number of nitrogens with zero attached hydrogens (tertiary/aromatic N) is 2. The molecule has 4 nitrogen and oxygen atoms in total. The number of hydrogen-bond acceptors (Lipinski definition) is 5. The van der Waals surface area contributed by atoms with E-state index in [1.807, 2.05) is 24.5 Å². The van der Waals surface area contributed by atoms with Crippen molar-refractivity contribution in [3.05, 3.63) is 33.3 Å². The predicted molar refractivity (Wildman–Crippen MR) is 89.4 cm³/mol. The largest absolute Gasteiger partial charge is 0.373 e. The topological polar surface area (TPSA) is 49.8 Å². The SMILES string of the molecule is CNc1cc(NC(C)c2cc(C)sc2C)nc(C2CC2)n1. The monoisotopic (exact) mass is 302 g/mol. The molecule has 1 fully saturated rings. The minimum atomic E-state index is 0.251. The van der Waals surface area contributed by atoms with Gasteiger partial charge in [0.25, 0.3) is 0 Å². The lowest BCUT2D eigenvalue weighted by Crippen LogP contribution is -2.10. The van der Waals surface area contributed by atoms with E-state index in [1.54, 1.807) is 0 Å². The molecular weight excluding hydrogens is 280 g/mol. The number of thiophene rings is 1. The summed E-state index contributed by atoms with van der Waals surface area (Å²) in [6.45, 7) is 6.52. The molecule has 1 aliphatic carbocycles. The highest BCUT2D eigenvalue weighted by Crippen LogP contribution is 2.39. The fraction of sp³-hybridized carbons (Fsp3) is 0.500. The molecule has 0 amide bonds. The van der Waals surface area contributed by atoms with Crippen LogP contribution in [0.25, 0.3) is 0 Å². The molecule has 0 radical (unpaired) electrons. The Balaban J connectivity index is 1.83. The van der Waals surface area contributed by atoms with E-state index in [0.717, 1.165) is 17.5 Å². The van der Waals surface area contributed by atoms with Gasteiger partial charge in [0, 0.05) is 28.8 Å². The van der Waals surface area contributed by atoms with E-state index >= 15 is 0 Å². The Kier molecular flexibility index (Phi) is 3.85. The van der Waals surface area contributed by atoms with Crippen molar-refractivity contribution >= 4 is 23.0 Å². The summed E-state index contributed by atoms with van der Waals surface area (Å²) in [5.74, 6) is 3.32. The molecule has 0 aromatic carbocycles. The molecule has 1 aliphatic rings. The first kappa shape index (κ1) is 14.3. The highest BCUT2D eigenvalue weighted by atomic mass is 32.1. The van der Waals surface area contributed by atoms with Crippen molar-refractivity contribution in [3.63, 3.8) is 0 Å². The maximum Gasteiger partial charge on any atom is 0.136 e. The van der Waals surface area contributed by atoms with Crippen LogP contribution < -0.4 is 10.6 Å². The van der Waals surface area contributed by atoms with Crippen LogP contribution in [0.5, 0.6) is 0 Å². The van der Waals surface area contributed by atoms with Gasteiger partial charge >= 0.3 is 0 Å². The van der Waals surface area contributed by atoms with E-state index in [1.165, 1.54) is 28.2 Å². The van der Waals surface area contributed by atoms with E-state index < -0.39 is 0 Å². The number of aromatic nitrogens is 2. The third-order valence-corrected chi connectivity index (χ3v) is 4.83. The van der Waals surface area contributed by atoms with Gasteiger partial charge < -0.3 is 10.6 Å². The lowest BCUT2D eigenvalue weighted by Gasteiger charge is -2.16. The summed E-state index contributed by atoms with van der Waals surface area (Å²) >= 11 is 1.85. The van der Waals surface area contributed by atoms with Crippen LogP contribution in [0.1, 0.15) is 52.9 Å². The third kappa shape index (κ3) is 3.18. The first-order chi connectivity index (χ1) is 10.1. The van der Waals surface area contributed by atoms with Gasteiger partial charge in [-0.05, 0) is 45.2 Å². The normalized spacial score (nSPS) is 15.8. The molecule has 2 aromatic heterocycles. The van der Waals surface area contributed by atoms with Crippen molar-refractivity contribution in [1.29, 1.82) is 0 Å². The molecule has 1 saturated carbocycles. The van der Waals surface area contributed by atoms with Gasteiger partial charge in [-0.3, -0.25) is 0 Å². The average molecular weight is 302 g/mol. The molecule has 1 atom stereocenters. The Hall–Kier alpha value is -1.62. The van der Waals surface area contributed by atoms with Crippen LogP contribution in [-0.4, -0.2) is 17.0 Å². The summed E-state index contributed by atoms with van der Waals surface area (Å²) in [5.41, 5.74) is 1.36. The second kappa shape index (κ2) is 5.64. The second-order valence-electron chi connectivity index (χ2n) is 5.76. The van der Waals surface area contributed by atoms with Gasteiger partial charge in [-0.25, -0.2) is 9.97 Å². The van der Waals surface area contributed by atoms with E-state index in [9.17, 15) is 0 Å². The first-order valence-electron chi connectivity index (χ1n) is 7.47. The van der Waals surface area contributed by atoms with E-state index in [2.05, 4.69) is 47.4 Å². The maximum atomic E-state index is 4.69. The van der Waals surface area contributed by atoms with Gasteiger partial charge in [-0.15, -0.1) is 11.3 Å². The summed E-state index contributed by atoms with van der Waals surface area (Å²) in [6, 6.07) is 4.50. The molecule has 0 bridgehead atoms. The van der Waals surface area contributed by atoms with Crippen molar-refractivity contribution in [1.82, 2.24) is 9.97 Å². The number of hydrogen-bond donors (Lipinski definition) is 2. The predicted octanol–water partition coefficient (Wildman–Crippen LogP) is 4.25. The van der Waals surface area contributed by atoms with Gasteiger partial charge in [-0.2, -0.15) is 0 Å². The molecule has 0 spiro atoms. The van der Waals surface area contributed by atoms with Gasteiger partial charge in [0.2, 0.25) is 0 Å². The average Bonchev–Trinajstić information content (AvgIpc) is 3.23. The van der Waals surface area contributed by atoms with Crippen LogP contribution in [0.15, 0.2) is 12.1 Å². The zero-order valence-corrected chi connectivity index (χ0v) is 13.8. The maximum absolute atomic E-state index is 4.69. The number of aryl methyl sites for hydroxylation is 2. The summed E-state index contributed by atoms with van der Waals surface area (Å²) in [4.78, 5) is 12.0. The minimum absolute atomic E-state index is 0.251. The van der Waals surface area contributed by atoms with Crippen LogP contribution in [0.2, 0.25) is 0 Å². The Morgan fingerprint density at radius 1 is 1.19 bits per heavy atom. The van der Waals surface area contributed by atoms with Crippen molar-refractivity contribution in [2.45, 2.75) is 45.6 Å². The van der Waals surface area contributed by atoms with Crippen LogP contribution in [0, 0.1) is 13.8 Å². The Bertz CT molecular complexity index is 646. The quantitative estimate of drug-likeness (QED) is 0.867. The van der Waals surface area contributed by atoms with E-state index in [0.29, 0.717) is 5.92 Å². The van der Waals surface area contributed by atoms with Crippen LogP contribution in [0.4, 0.5) is 11.6 Å². The number of anilines is 2. The molecule has 0 saturated heterocycles. The minimum Gasteiger partial charge on any atom is -0.373 e. The standard InChI is InChI=1S/C16H22N4S/c1-9-7-13(11(3)21-9)10(2)18-15-8-14(17-4)19-16(20-15)12-5-6-12/h7-8,10,12H,5-6H2,1-4H3,(H2,17,18,19,20). The van der Waals surface area contributed by atoms with Crippen molar-refractivity contribution in [2.75, 3.05) is 17.7 Å². The lowest BCUT2D eigenvalue weighted by atomic mass is 10.1. The lowest BCUT2D eigenvalue weighted by molar-refractivity contribution is 0.853. The van der Waals surface area contributed by atoms with Gasteiger partial charge in [0.05, 0.1) is 6.04 Å². The van der Waals surface area contributed by atoms with Gasteiger partial charge in [0.15, 0.2) is 0 Å². The second-order valence-corrected chi connectivity index (χ2v) is 7.22. The van der Waals surface area contributed by atoms with Crippen molar-refractivity contribution < 1.29 is 0 Å². The molecule has 2 heterocycles. The number of nitrogens with one attached hydrogen (secondary N) is 2. The molecule has 0 aliphatic heterocycles. The first-order valence-corrected chi connectivity index (χ1v) is 8.28. The Labute approximate surface area is 130 Å². The summed E-state index contributed by atoms with van der Waals surface area (Å²) in [5, 5.41) is 6.66. The molecule has 1 unspecified atom stereocenters. The molecule has 112 valence electrons. The zero-order chi connectivity index (χ0) is 15.0. The highest BCUT2D eigenvalue weighted by Gasteiger charge is 2.27. The molecule has 3 rings (SSSR count). The van der Waals surface area contributed by atoms with Crippen LogP contribution in [-0.2, 0) is 0 Å². The van der Waals surface area contributed by atoms with Crippen molar-refractivity contribution in [2.24, 2.45) is 0 Å². The third-order valence-electron chi connectivity index (χ3n) is 3.85. The fourth-order valence-electron chi connectivity index (χ4n) is 2.57.